The van der Waals surface area contributed by atoms with Crippen molar-refractivity contribution in [2.45, 2.75) is 26.6 Å². The van der Waals surface area contributed by atoms with E-state index in [1.165, 1.54) is 10.4 Å². The molecule has 0 bridgehead atoms. The van der Waals surface area contributed by atoms with Gasteiger partial charge < -0.3 is 15.0 Å². The number of hydrogen-bond donors (Lipinski definition) is 1. The van der Waals surface area contributed by atoms with Gasteiger partial charge in [0.25, 0.3) is 0 Å². The van der Waals surface area contributed by atoms with Crippen molar-refractivity contribution in [1.82, 2.24) is 20.1 Å². The first-order valence-electron chi connectivity index (χ1n) is 7.01. The zero-order chi connectivity index (χ0) is 15.2. The SMILES string of the molecule is CCNCc1sc(N(C)Cc2cnn(C)c2)nc1COC. The van der Waals surface area contributed by atoms with Crippen LogP contribution < -0.4 is 10.2 Å². The number of nitrogens with one attached hydrogen (secondary N) is 1. The van der Waals surface area contributed by atoms with Crippen molar-refractivity contribution in [2.24, 2.45) is 7.05 Å². The van der Waals surface area contributed by atoms with Crippen LogP contribution in [0.3, 0.4) is 0 Å². The molecule has 0 amide bonds. The number of ether oxygens (including phenoxy) is 1. The van der Waals surface area contributed by atoms with E-state index in [-0.39, 0.29) is 0 Å². The maximum atomic E-state index is 5.25. The highest BCUT2D eigenvalue weighted by Crippen LogP contribution is 2.27. The molecule has 0 spiro atoms. The Morgan fingerprint density at radius 2 is 2.29 bits per heavy atom. The molecule has 2 heterocycles. The first-order valence-corrected chi connectivity index (χ1v) is 7.82. The maximum Gasteiger partial charge on any atom is 0.185 e. The summed E-state index contributed by atoms with van der Waals surface area (Å²) in [6.07, 6.45) is 3.92. The van der Waals surface area contributed by atoms with Crippen molar-refractivity contribution >= 4 is 16.5 Å². The number of hydrogen-bond acceptors (Lipinski definition) is 6. The first kappa shape index (κ1) is 15.9. The number of aromatic nitrogens is 3. The minimum atomic E-state index is 0.554. The second kappa shape index (κ2) is 7.53. The summed E-state index contributed by atoms with van der Waals surface area (Å²) in [6.45, 7) is 5.25. The number of nitrogens with zero attached hydrogens (tertiary/aromatic N) is 4. The van der Waals surface area contributed by atoms with Crippen molar-refractivity contribution in [3.63, 3.8) is 0 Å². The lowest BCUT2D eigenvalue weighted by atomic mass is 10.3. The summed E-state index contributed by atoms with van der Waals surface area (Å²) < 4.78 is 7.07. The van der Waals surface area contributed by atoms with Gasteiger partial charge in [-0.15, -0.1) is 11.3 Å². The Kier molecular flexibility index (Phi) is 5.72. The number of methoxy groups -OCH3 is 1. The number of rotatable bonds is 8. The van der Waals surface area contributed by atoms with Crippen molar-refractivity contribution in [1.29, 1.82) is 0 Å². The molecule has 21 heavy (non-hydrogen) atoms. The Morgan fingerprint density at radius 3 is 2.90 bits per heavy atom. The van der Waals surface area contributed by atoms with Crippen LogP contribution in [0.1, 0.15) is 23.1 Å². The maximum absolute atomic E-state index is 5.25. The lowest BCUT2D eigenvalue weighted by molar-refractivity contribution is 0.181. The predicted octanol–water partition coefficient (Wildman–Crippen LogP) is 1.77. The second-order valence-electron chi connectivity index (χ2n) is 4.96. The predicted molar refractivity (Wildman–Crippen MR) is 85.5 cm³/mol. The highest BCUT2D eigenvalue weighted by molar-refractivity contribution is 7.15. The van der Waals surface area contributed by atoms with E-state index in [9.17, 15) is 0 Å². The van der Waals surface area contributed by atoms with Gasteiger partial charge in [-0.05, 0) is 6.54 Å². The molecule has 1 N–H and O–H groups in total. The Morgan fingerprint density at radius 1 is 1.48 bits per heavy atom. The fourth-order valence-corrected chi connectivity index (χ4v) is 3.05. The molecule has 0 saturated heterocycles. The topological polar surface area (TPSA) is 55.2 Å². The highest BCUT2D eigenvalue weighted by atomic mass is 32.1. The standard InChI is InChI=1S/C14H23N5OS/c1-5-15-7-13-12(10-20-4)17-14(21-13)18(2)8-11-6-16-19(3)9-11/h6,9,15H,5,7-8,10H2,1-4H3. The average Bonchev–Trinajstić information content (AvgIpc) is 3.04. The van der Waals surface area contributed by atoms with Crippen LogP contribution in [-0.2, 0) is 31.5 Å². The summed E-state index contributed by atoms with van der Waals surface area (Å²) in [5.74, 6) is 0. The van der Waals surface area contributed by atoms with Gasteiger partial charge in [-0.1, -0.05) is 6.92 Å². The fourth-order valence-electron chi connectivity index (χ4n) is 2.05. The van der Waals surface area contributed by atoms with E-state index in [0.717, 1.165) is 30.5 Å². The molecule has 0 fully saturated rings. The second-order valence-corrected chi connectivity index (χ2v) is 6.02. The normalized spacial score (nSPS) is 11.0. The van der Waals surface area contributed by atoms with E-state index >= 15 is 0 Å². The highest BCUT2D eigenvalue weighted by Gasteiger charge is 2.14. The van der Waals surface area contributed by atoms with E-state index in [1.807, 2.05) is 24.1 Å². The molecule has 0 aliphatic rings. The smallest absolute Gasteiger partial charge is 0.185 e. The van der Waals surface area contributed by atoms with Crippen LogP contribution in [0, 0.1) is 0 Å². The van der Waals surface area contributed by atoms with Gasteiger partial charge in [0, 0.05) is 50.9 Å². The minimum Gasteiger partial charge on any atom is -0.378 e. The molecule has 6 nitrogen and oxygen atoms in total. The van der Waals surface area contributed by atoms with Gasteiger partial charge in [0.1, 0.15) is 0 Å². The molecule has 2 rings (SSSR count). The molecule has 7 heteroatoms. The average molecular weight is 309 g/mol. The Balaban J connectivity index is 2.10. The monoisotopic (exact) mass is 309 g/mol. The van der Waals surface area contributed by atoms with Crippen LogP contribution in [0.4, 0.5) is 5.13 Å². The molecule has 0 aromatic carbocycles. The van der Waals surface area contributed by atoms with E-state index in [2.05, 4.69) is 29.3 Å². The molecule has 0 unspecified atom stereocenters. The van der Waals surface area contributed by atoms with Gasteiger partial charge >= 0.3 is 0 Å². The molecule has 2 aromatic heterocycles. The summed E-state index contributed by atoms with van der Waals surface area (Å²) in [7, 11) is 5.69. The molecule has 0 radical (unpaired) electrons. The Hall–Kier alpha value is -1.44. The molecule has 0 aliphatic heterocycles. The van der Waals surface area contributed by atoms with Crippen molar-refractivity contribution in [3.8, 4) is 0 Å². The summed E-state index contributed by atoms with van der Waals surface area (Å²) in [6, 6.07) is 0. The molecule has 0 saturated carbocycles. The molecular formula is C14H23N5OS. The van der Waals surface area contributed by atoms with Gasteiger partial charge in [-0.2, -0.15) is 5.10 Å². The van der Waals surface area contributed by atoms with Crippen LogP contribution in [0.15, 0.2) is 12.4 Å². The van der Waals surface area contributed by atoms with Crippen LogP contribution in [0.25, 0.3) is 0 Å². The zero-order valence-electron chi connectivity index (χ0n) is 13.1. The van der Waals surface area contributed by atoms with Crippen molar-refractivity contribution < 1.29 is 4.74 Å². The van der Waals surface area contributed by atoms with E-state index < -0.39 is 0 Å². The van der Waals surface area contributed by atoms with Crippen LogP contribution in [0.5, 0.6) is 0 Å². The minimum absolute atomic E-state index is 0.554. The molecular weight excluding hydrogens is 286 g/mol. The summed E-state index contributed by atoms with van der Waals surface area (Å²) in [5.41, 5.74) is 2.20. The number of aryl methyl sites for hydroxylation is 1. The summed E-state index contributed by atoms with van der Waals surface area (Å²) in [5, 5.41) is 8.56. The summed E-state index contributed by atoms with van der Waals surface area (Å²) >= 11 is 1.72. The van der Waals surface area contributed by atoms with Crippen molar-refractivity contribution in [2.75, 3.05) is 25.6 Å². The lowest BCUT2D eigenvalue weighted by Crippen LogP contribution is -2.15. The first-order chi connectivity index (χ1) is 10.1. The zero-order valence-corrected chi connectivity index (χ0v) is 13.9. The Bertz CT molecular complexity index is 565. The Labute approximate surface area is 129 Å². The van der Waals surface area contributed by atoms with Gasteiger partial charge in [0.15, 0.2) is 5.13 Å². The van der Waals surface area contributed by atoms with Gasteiger partial charge in [0.2, 0.25) is 0 Å². The number of anilines is 1. The number of thiazole rings is 1. The quantitative estimate of drug-likeness (QED) is 0.805. The molecule has 116 valence electrons. The van der Waals surface area contributed by atoms with Gasteiger partial charge in [0.05, 0.1) is 18.5 Å². The van der Waals surface area contributed by atoms with E-state index in [1.54, 1.807) is 18.4 Å². The third kappa shape index (κ3) is 4.26. The third-order valence-electron chi connectivity index (χ3n) is 3.09. The van der Waals surface area contributed by atoms with E-state index in [0.29, 0.717) is 6.61 Å². The third-order valence-corrected chi connectivity index (χ3v) is 4.30. The molecule has 0 atom stereocenters. The van der Waals surface area contributed by atoms with Crippen LogP contribution in [-0.4, -0.2) is 35.5 Å². The van der Waals surface area contributed by atoms with Crippen LogP contribution in [0.2, 0.25) is 0 Å². The van der Waals surface area contributed by atoms with E-state index in [4.69, 9.17) is 9.72 Å². The van der Waals surface area contributed by atoms with Gasteiger partial charge in [-0.3, -0.25) is 4.68 Å². The summed E-state index contributed by atoms with van der Waals surface area (Å²) in [4.78, 5) is 8.10. The van der Waals surface area contributed by atoms with Gasteiger partial charge in [-0.25, -0.2) is 4.98 Å². The molecule has 2 aromatic rings. The largest absolute Gasteiger partial charge is 0.378 e. The lowest BCUT2D eigenvalue weighted by Gasteiger charge is -2.14. The molecule has 0 aliphatic carbocycles. The van der Waals surface area contributed by atoms with Crippen molar-refractivity contribution in [3.05, 3.63) is 28.5 Å². The fraction of sp³-hybridized carbons (Fsp3) is 0.571. The van der Waals surface area contributed by atoms with Crippen LogP contribution >= 0.6 is 11.3 Å².